The maximum Gasteiger partial charge on any atom is 0.480 e. The first-order chi connectivity index (χ1) is 25.1. The molecule has 34 heteroatoms. The molecule has 0 aromatic carbocycles. The molecule has 4 aromatic heterocycles. The van der Waals surface area contributed by atoms with E-state index in [4.69, 9.17) is 20.9 Å². The van der Waals surface area contributed by atoms with Crippen molar-refractivity contribution in [2.24, 2.45) is 0 Å². The Morgan fingerprint density at radius 3 is 1.74 bits per heavy atom. The van der Waals surface area contributed by atoms with Gasteiger partial charge in [-0.15, -0.1) is 4.86 Å². The number of nitrogen functional groups attached to an aromatic ring is 2. The summed E-state index contributed by atoms with van der Waals surface area (Å²) >= 11 is 0. The lowest BCUT2D eigenvalue weighted by atomic mass is 10.1. The van der Waals surface area contributed by atoms with Crippen LogP contribution in [0.25, 0.3) is 22.3 Å². The van der Waals surface area contributed by atoms with Crippen LogP contribution < -0.4 is 21.9 Å². The molecule has 6 rings (SSSR count). The summed E-state index contributed by atoms with van der Waals surface area (Å²) < 4.78 is 80.0. The predicted molar refractivity (Wildman–Crippen MR) is 171 cm³/mol. The maximum absolute atomic E-state index is 12.5. The predicted octanol–water partition coefficient (Wildman–Crippen LogP) is -3.58. The van der Waals surface area contributed by atoms with Crippen molar-refractivity contribution in [1.82, 2.24) is 43.9 Å². The molecule has 4 aromatic rings. The molecule has 0 radical (unpaired) electrons. The van der Waals surface area contributed by atoms with E-state index >= 15 is 0 Å². The Labute approximate surface area is 297 Å². The number of imidazole rings is 2. The van der Waals surface area contributed by atoms with E-state index in [1.54, 1.807) is 0 Å². The SMILES string of the molecule is Nc1nc2c(ncn2C2OC(COP(=O)(O)OP(=O)(O)NP(=O)(O)OP(=O)(O)OCC3OC(n4cnc5c(N)ncnc54)C(O)C3O)C(O)C2O)c(=O)[nH]1. The number of nitrogens with zero attached hydrogens (tertiary/aromatic N) is 7. The van der Waals surface area contributed by atoms with Gasteiger partial charge in [-0.3, -0.25) is 28.0 Å². The average molecular weight is 851 g/mol. The first kappa shape index (κ1) is 40.5. The molecule has 0 amide bonds. The number of aromatic amines is 1. The fourth-order valence-electron chi connectivity index (χ4n) is 5.24. The van der Waals surface area contributed by atoms with Gasteiger partial charge in [0.15, 0.2) is 35.1 Å². The minimum absolute atomic E-state index is 0.0149. The first-order valence-electron chi connectivity index (χ1n) is 14.6. The maximum atomic E-state index is 12.5. The number of hydrogen-bond donors (Lipinski definition) is 12. The van der Waals surface area contributed by atoms with Crippen molar-refractivity contribution in [3.8, 4) is 0 Å². The number of hydrogen-bond acceptors (Lipinski definition) is 22. The molecule has 2 aliphatic heterocycles. The Morgan fingerprint density at radius 1 is 0.741 bits per heavy atom. The van der Waals surface area contributed by atoms with Gasteiger partial charge in [0, 0.05) is 0 Å². The summed E-state index contributed by atoms with van der Waals surface area (Å²) in [5, 5.41) is 41.8. The van der Waals surface area contributed by atoms with Gasteiger partial charge in [-0.2, -0.15) is 13.6 Å². The van der Waals surface area contributed by atoms with Crippen LogP contribution in [0.1, 0.15) is 12.5 Å². The molecule has 14 N–H and O–H groups in total. The Kier molecular flexibility index (Phi) is 11.0. The number of phosphoric ester groups is 2. The Hall–Kier alpha value is -3.18. The number of aromatic nitrogens is 8. The molecule has 2 fully saturated rings. The van der Waals surface area contributed by atoms with Crippen molar-refractivity contribution in [3.05, 3.63) is 29.3 Å². The third-order valence-corrected chi connectivity index (χ3v) is 13.9. The third kappa shape index (κ3) is 8.47. The molecule has 0 aliphatic carbocycles. The van der Waals surface area contributed by atoms with E-state index in [-0.39, 0.29) is 34.1 Å². The standard InChI is InChI=1S/C20H29N11O19P4/c21-14-8-15(24-3-23-14)30(4-25-8)18-12(34)10(32)6(47-18)1-45-53(41,42)49-51(37,38)29-52(39,40)50-54(43,44)46-2-7-11(33)13(35)19(48-7)31-5-26-9-16(31)27-20(22)28-17(9)36/h3-7,10-13,18-19,32-35H,1-2H2,(H,41,42)(H,43,44)(H2,21,23,24)(H3,22,27,28,36)(H3,29,37,38,39,40). The van der Waals surface area contributed by atoms with Crippen LogP contribution in [0.2, 0.25) is 0 Å². The van der Waals surface area contributed by atoms with Crippen molar-refractivity contribution in [2.75, 3.05) is 24.7 Å². The lowest BCUT2D eigenvalue weighted by molar-refractivity contribution is -0.0502. The third-order valence-electron chi connectivity index (χ3n) is 7.54. The molecule has 298 valence electrons. The normalized spacial score (nSPS) is 30.6. The summed E-state index contributed by atoms with van der Waals surface area (Å²) in [6.07, 6.45) is -10.1. The highest BCUT2D eigenvalue weighted by Crippen LogP contribution is 2.66. The molecule has 0 bridgehead atoms. The number of H-pyrrole nitrogens is 1. The average Bonchev–Trinajstić information content (AvgIpc) is 3.79. The Balaban J connectivity index is 1.02. The van der Waals surface area contributed by atoms with Crippen LogP contribution in [0.3, 0.4) is 0 Å². The zero-order valence-corrected chi connectivity index (χ0v) is 30.0. The molecule has 6 heterocycles. The van der Waals surface area contributed by atoms with Gasteiger partial charge in [0.2, 0.25) is 5.95 Å². The number of aliphatic hydroxyl groups is 4. The van der Waals surface area contributed by atoms with Crippen molar-refractivity contribution >= 4 is 65.2 Å². The van der Waals surface area contributed by atoms with E-state index in [0.29, 0.717) is 0 Å². The van der Waals surface area contributed by atoms with E-state index in [0.717, 1.165) is 33.0 Å². The van der Waals surface area contributed by atoms with Crippen LogP contribution in [0.15, 0.2) is 23.8 Å². The zero-order valence-electron chi connectivity index (χ0n) is 26.4. The van der Waals surface area contributed by atoms with Gasteiger partial charge in [-0.1, -0.05) is 0 Å². The number of aliphatic hydroxyl groups excluding tert-OH is 4. The fraction of sp³-hybridized carbons (Fsp3) is 0.500. The number of rotatable bonds is 14. The lowest BCUT2D eigenvalue weighted by Crippen LogP contribution is -2.33. The molecule has 54 heavy (non-hydrogen) atoms. The summed E-state index contributed by atoms with van der Waals surface area (Å²) in [4.78, 5) is 74.4. The van der Waals surface area contributed by atoms with Crippen molar-refractivity contribution in [2.45, 2.75) is 49.1 Å². The fourth-order valence-corrected chi connectivity index (χ4v) is 10.7. The van der Waals surface area contributed by atoms with Gasteiger partial charge in [-0.05, 0) is 0 Å². The highest BCUT2D eigenvalue weighted by atomic mass is 31.3. The molecule has 12 atom stereocenters. The molecular weight excluding hydrogens is 822 g/mol. The van der Waals surface area contributed by atoms with Crippen molar-refractivity contribution in [3.63, 3.8) is 0 Å². The van der Waals surface area contributed by atoms with Gasteiger partial charge < -0.3 is 60.9 Å². The highest BCUT2D eigenvalue weighted by molar-refractivity contribution is 7.73. The van der Waals surface area contributed by atoms with Crippen LogP contribution in [-0.4, -0.2) is 129 Å². The largest absolute Gasteiger partial charge is 0.480 e. The summed E-state index contributed by atoms with van der Waals surface area (Å²) in [5.74, 6) is -0.342. The molecule has 12 unspecified atom stereocenters. The summed E-state index contributed by atoms with van der Waals surface area (Å²) in [6, 6.07) is 0. The van der Waals surface area contributed by atoms with Crippen LogP contribution in [0.5, 0.6) is 0 Å². The summed E-state index contributed by atoms with van der Waals surface area (Å²) in [5.41, 5.74) is 10.3. The van der Waals surface area contributed by atoms with Gasteiger partial charge in [-0.25, -0.2) is 38.2 Å². The molecule has 30 nitrogen and oxygen atoms in total. The van der Waals surface area contributed by atoms with Gasteiger partial charge >= 0.3 is 31.1 Å². The first-order valence-corrected chi connectivity index (χ1v) is 20.7. The second-order valence-electron chi connectivity index (χ2n) is 11.3. The number of nitrogens with two attached hydrogens (primary N) is 2. The van der Waals surface area contributed by atoms with Crippen LogP contribution in [0, 0.1) is 0 Å². The number of nitrogens with one attached hydrogen (secondary N) is 2. The van der Waals surface area contributed by atoms with E-state index in [1.165, 1.54) is 0 Å². The number of ether oxygens (including phenoxy) is 2. The molecule has 0 spiro atoms. The minimum Gasteiger partial charge on any atom is -0.387 e. The Bertz CT molecular complexity index is 2310. The van der Waals surface area contributed by atoms with Gasteiger partial charge in [0.05, 0.1) is 25.9 Å². The number of anilines is 2. The quantitative estimate of drug-likeness (QED) is 0.0546. The van der Waals surface area contributed by atoms with Gasteiger partial charge in [0.25, 0.3) is 5.56 Å². The number of fused-ring (bicyclic) bond motifs is 2. The molecular formula is C20H29N11O19P4. The summed E-state index contributed by atoms with van der Waals surface area (Å²) in [6.45, 7) is -2.23. The topological polar surface area (TPSA) is 457 Å². The van der Waals surface area contributed by atoms with E-state index < -0.39 is 99.0 Å². The lowest BCUT2D eigenvalue weighted by Gasteiger charge is -2.22. The monoisotopic (exact) mass is 851 g/mol. The molecule has 0 saturated carbocycles. The van der Waals surface area contributed by atoms with Crippen LogP contribution in [0.4, 0.5) is 11.8 Å². The highest BCUT2D eigenvalue weighted by Gasteiger charge is 2.49. The minimum atomic E-state index is -5.97. The molecule has 2 aliphatic rings. The zero-order chi connectivity index (χ0) is 39.5. The van der Waals surface area contributed by atoms with E-state index in [9.17, 15) is 63.1 Å². The van der Waals surface area contributed by atoms with Crippen molar-refractivity contribution < 1.29 is 85.4 Å². The van der Waals surface area contributed by atoms with Crippen LogP contribution in [-0.2, 0) is 45.4 Å². The van der Waals surface area contributed by atoms with E-state index in [1.807, 2.05) is 0 Å². The summed E-state index contributed by atoms with van der Waals surface area (Å²) in [7, 11) is -23.4. The molecule has 2 saturated heterocycles. The smallest absolute Gasteiger partial charge is 0.387 e. The van der Waals surface area contributed by atoms with Gasteiger partial charge in [0.1, 0.15) is 48.5 Å². The number of phosphoric acid groups is 2. The Morgan fingerprint density at radius 2 is 1.22 bits per heavy atom. The van der Waals surface area contributed by atoms with E-state index in [2.05, 4.69) is 47.6 Å². The second kappa shape index (κ2) is 14.7. The second-order valence-corrected chi connectivity index (χ2v) is 17.9. The van der Waals surface area contributed by atoms with Crippen molar-refractivity contribution in [1.29, 1.82) is 0 Å². The van der Waals surface area contributed by atoms with Crippen LogP contribution >= 0.6 is 31.1 Å².